The molecule has 0 spiro atoms. The van der Waals surface area contributed by atoms with E-state index in [1.165, 1.54) is 12.1 Å². The van der Waals surface area contributed by atoms with E-state index in [1.807, 2.05) is 0 Å². The number of aliphatic hydroxyl groups is 1. The highest BCUT2D eigenvalue weighted by molar-refractivity contribution is 5.60. The largest absolute Gasteiger partial charge is 0.441 e. The van der Waals surface area contributed by atoms with E-state index in [0.29, 0.717) is 30.2 Å². The van der Waals surface area contributed by atoms with Crippen LogP contribution in [-0.2, 0) is 6.42 Å². The molecule has 1 saturated heterocycles. The number of aliphatic hydroxyl groups excluding tert-OH is 1. The number of hydrogen-bond acceptors (Lipinski definition) is 6. The van der Waals surface area contributed by atoms with Gasteiger partial charge in [-0.3, -0.25) is 10.1 Å². The normalized spacial score (nSPS) is 18.7. The predicted octanol–water partition coefficient (Wildman–Crippen LogP) is 1.86. The lowest BCUT2D eigenvalue weighted by Crippen LogP contribution is -2.24. The number of aromatic nitrogens is 1. The number of non-ortho nitro benzene ring substituents is 1. The molecule has 1 aromatic carbocycles. The lowest BCUT2D eigenvalue weighted by Gasteiger charge is -2.12. The Labute approximate surface area is 127 Å². The summed E-state index contributed by atoms with van der Waals surface area (Å²) < 4.78 is 5.67. The van der Waals surface area contributed by atoms with E-state index >= 15 is 0 Å². The van der Waals surface area contributed by atoms with E-state index in [0.717, 1.165) is 19.5 Å². The maximum atomic E-state index is 10.8. The fraction of sp³-hybridized carbons (Fsp3) is 0.400. The quantitative estimate of drug-likeness (QED) is 0.669. The summed E-state index contributed by atoms with van der Waals surface area (Å²) in [5.41, 5.74) is 0.672. The number of nitro groups is 1. The van der Waals surface area contributed by atoms with Gasteiger partial charge >= 0.3 is 0 Å². The zero-order valence-electron chi connectivity index (χ0n) is 12.0. The SMILES string of the molecule is O=[N+]([O-])c1cccc(-c2cnc(CCN3CC[C@@H](O)C3)o2)c1. The van der Waals surface area contributed by atoms with Gasteiger partial charge in [-0.25, -0.2) is 4.98 Å². The van der Waals surface area contributed by atoms with Crippen LogP contribution < -0.4 is 0 Å². The maximum Gasteiger partial charge on any atom is 0.270 e. The molecule has 7 nitrogen and oxygen atoms in total. The summed E-state index contributed by atoms with van der Waals surface area (Å²) in [6, 6.07) is 6.30. The molecular weight excluding hydrogens is 286 g/mol. The fourth-order valence-corrected chi connectivity index (χ4v) is 2.60. The molecule has 2 heterocycles. The third kappa shape index (κ3) is 3.32. The Kier molecular flexibility index (Phi) is 4.17. The molecule has 1 aromatic heterocycles. The van der Waals surface area contributed by atoms with Crippen molar-refractivity contribution in [3.63, 3.8) is 0 Å². The third-order valence-electron chi connectivity index (χ3n) is 3.78. The second-order valence-corrected chi connectivity index (χ2v) is 5.42. The van der Waals surface area contributed by atoms with Crippen LogP contribution in [0.25, 0.3) is 11.3 Å². The van der Waals surface area contributed by atoms with Crippen LogP contribution in [0.15, 0.2) is 34.9 Å². The van der Waals surface area contributed by atoms with Crippen molar-refractivity contribution < 1.29 is 14.4 Å². The van der Waals surface area contributed by atoms with Gasteiger partial charge in [0, 0.05) is 43.8 Å². The Morgan fingerprint density at radius 2 is 2.36 bits per heavy atom. The van der Waals surface area contributed by atoms with E-state index in [4.69, 9.17) is 4.42 Å². The van der Waals surface area contributed by atoms with Crippen LogP contribution in [0.5, 0.6) is 0 Å². The molecule has 1 atom stereocenters. The van der Waals surface area contributed by atoms with Crippen LogP contribution in [-0.4, -0.2) is 45.7 Å². The molecule has 7 heteroatoms. The first-order chi connectivity index (χ1) is 10.6. The first-order valence-electron chi connectivity index (χ1n) is 7.22. The van der Waals surface area contributed by atoms with Gasteiger partial charge in [-0.05, 0) is 6.42 Å². The first kappa shape index (κ1) is 14.7. The monoisotopic (exact) mass is 303 g/mol. The number of nitro benzene ring substituents is 1. The first-order valence-corrected chi connectivity index (χ1v) is 7.22. The number of hydrogen-bond donors (Lipinski definition) is 1. The van der Waals surface area contributed by atoms with E-state index < -0.39 is 4.92 Å². The van der Waals surface area contributed by atoms with E-state index in [1.54, 1.807) is 18.3 Å². The molecule has 0 saturated carbocycles. The molecule has 0 bridgehead atoms. The van der Waals surface area contributed by atoms with Gasteiger partial charge in [-0.1, -0.05) is 12.1 Å². The molecule has 1 aliphatic rings. The molecule has 1 fully saturated rings. The topological polar surface area (TPSA) is 92.6 Å². The molecule has 0 aliphatic carbocycles. The molecule has 0 amide bonds. The van der Waals surface area contributed by atoms with Crippen molar-refractivity contribution in [2.24, 2.45) is 0 Å². The standard InChI is InChI=1S/C15H17N3O4/c19-13-4-6-17(10-13)7-5-15-16-9-14(22-15)11-2-1-3-12(8-11)18(20)21/h1-3,8-9,13,19H,4-7,10H2/t13-/m1/s1. The third-order valence-corrected chi connectivity index (χ3v) is 3.78. The summed E-state index contributed by atoms with van der Waals surface area (Å²) >= 11 is 0. The van der Waals surface area contributed by atoms with E-state index in [2.05, 4.69) is 9.88 Å². The van der Waals surface area contributed by atoms with Gasteiger partial charge in [0.2, 0.25) is 0 Å². The molecule has 0 radical (unpaired) electrons. The minimum atomic E-state index is -0.431. The molecular formula is C15H17N3O4. The summed E-state index contributed by atoms with van der Waals surface area (Å²) in [5, 5.41) is 20.3. The second kappa shape index (κ2) is 6.25. The molecule has 116 valence electrons. The van der Waals surface area contributed by atoms with Crippen molar-refractivity contribution in [3.8, 4) is 11.3 Å². The van der Waals surface area contributed by atoms with Gasteiger partial charge in [0.15, 0.2) is 11.7 Å². The summed E-state index contributed by atoms with van der Waals surface area (Å²) in [4.78, 5) is 16.8. The van der Waals surface area contributed by atoms with Gasteiger partial charge in [-0.2, -0.15) is 0 Å². The number of oxazole rings is 1. The summed E-state index contributed by atoms with van der Waals surface area (Å²) in [6.45, 7) is 2.37. The van der Waals surface area contributed by atoms with Crippen LogP contribution in [0.4, 0.5) is 5.69 Å². The van der Waals surface area contributed by atoms with Gasteiger partial charge in [0.05, 0.1) is 17.2 Å². The van der Waals surface area contributed by atoms with E-state index in [-0.39, 0.29) is 11.8 Å². The summed E-state index contributed by atoms with van der Waals surface area (Å²) in [5.74, 6) is 1.13. The Balaban J connectivity index is 1.66. The zero-order valence-corrected chi connectivity index (χ0v) is 12.0. The van der Waals surface area contributed by atoms with Gasteiger partial charge < -0.3 is 14.4 Å². The van der Waals surface area contributed by atoms with Crippen molar-refractivity contribution in [1.29, 1.82) is 0 Å². The highest BCUT2D eigenvalue weighted by Gasteiger charge is 2.20. The maximum absolute atomic E-state index is 10.8. The van der Waals surface area contributed by atoms with Gasteiger partial charge in [-0.15, -0.1) is 0 Å². The van der Waals surface area contributed by atoms with Crippen molar-refractivity contribution in [2.75, 3.05) is 19.6 Å². The van der Waals surface area contributed by atoms with Crippen LogP contribution in [0.3, 0.4) is 0 Å². The molecule has 0 unspecified atom stereocenters. The lowest BCUT2D eigenvalue weighted by atomic mass is 10.2. The number of benzene rings is 1. The summed E-state index contributed by atoms with van der Waals surface area (Å²) in [7, 11) is 0. The fourth-order valence-electron chi connectivity index (χ4n) is 2.60. The number of β-amino-alcohol motifs (C(OH)–C–C–N with tert-alkyl or cyclic N) is 1. The lowest BCUT2D eigenvalue weighted by molar-refractivity contribution is -0.384. The van der Waals surface area contributed by atoms with Crippen LogP contribution in [0.1, 0.15) is 12.3 Å². The van der Waals surface area contributed by atoms with Crippen LogP contribution >= 0.6 is 0 Å². The zero-order chi connectivity index (χ0) is 15.5. The molecule has 22 heavy (non-hydrogen) atoms. The molecule has 1 aliphatic heterocycles. The molecule has 2 aromatic rings. The highest BCUT2D eigenvalue weighted by atomic mass is 16.6. The Morgan fingerprint density at radius 3 is 3.09 bits per heavy atom. The van der Waals surface area contributed by atoms with Crippen LogP contribution in [0.2, 0.25) is 0 Å². The summed E-state index contributed by atoms with van der Waals surface area (Å²) in [6.07, 6.45) is 2.82. The Hall–Kier alpha value is -2.25. The number of likely N-dealkylation sites (tertiary alicyclic amines) is 1. The second-order valence-electron chi connectivity index (χ2n) is 5.42. The van der Waals surface area contributed by atoms with Crippen LogP contribution in [0, 0.1) is 10.1 Å². The van der Waals surface area contributed by atoms with E-state index in [9.17, 15) is 15.2 Å². The Morgan fingerprint density at radius 1 is 1.50 bits per heavy atom. The minimum absolute atomic E-state index is 0.0292. The average Bonchev–Trinajstić information content (AvgIpc) is 3.14. The highest BCUT2D eigenvalue weighted by Crippen LogP contribution is 2.24. The molecule has 1 N–H and O–H groups in total. The number of rotatable bonds is 5. The average molecular weight is 303 g/mol. The van der Waals surface area contributed by atoms with Crippen molar-refractivity contribution in [1.82, 2.24) is 9.88 Å². The van der Waals surface area contributed by atoms with Crippen molar-refractivity contribution in [3.05, 3.63) is 46.5 Å². The van der Waals surface area contributed by atoms with Gasteiger partial charge in [0.1, 0.15) is 0 Å². The number of nitrogens with zero attached hydrogens (tertiary/aromatic N) is 3. The van der Waals surface area contributed by atoms with Gasteiger partial charge in [0.25, 0.3) is 5.69 Å². The van der Waals surface area contributed by atoms with Crippen molar-refractivity contribution >= 4 is 5.69 Å². The molecule has 3 rings (SSSR count). The predicted molar refractivity (Wildman–Crippen MR) is 79.4 cm³/mol. The minimum Gasteiger partial charge on any atom is -0.441 e. The van der Waals surface area contributed by atoms with Crippen molar-refractivity contribution in [2.45, 2.75) is 18.9 Å². The Bertz CT molecular complexity index is 670. The smallest absolute Gasteiger partial charge is 0.270 e.